The van der Waals surface area contributed by atoms with Crippen molar-refractivity contribution in [3.63, 3.8) is 0 Å². The van der Waals surface area contributed by atoms with Gasteiger partial charge in [0.2, 0.25) is 0 Å². The quantitative estimate of drug-likeness (QED) is 0.143. The van der Waals surface area contributed by atoms with Gasteiger partial charge >= 0.3 is 17.1 Å². The van der Waals surface area contributed by atoms with E-state index in [-0.39, 0.29) is 0 Å². The fourth-order valence-electron chi connectivity index (χ4n) is 6.89. The van der Waals surface area contributed by atoms with Crippen LogP contribution >= 0.6 is 0 Å². The van der Waals surface area contributed by atoms with Gasteiger partial charge in [0.1, 0.15) is 0 Å². The van der Waals surface area contributed by atoms with E-state index in [0.717, 1.165) is 41.5 Å². The molecule has 0 aliphatic carbocycles. The van der Waals surface area contributed by atoms with Crippen LogP contribution in [0.2, 0.25) is 0 Å². The van der Waals surface area contributed by atoms with E-state index in [1.54, 1.807) is 0 Å². The third-order valence-corrected chi connectivity index (χ3v) is 23.6. The Kier molecular flexibility index (Phi) is 11.5. The Balaban J connectivity index is 1.44. The number of rotatable bonds is 14. The van der Waals surface area contributed by atoms with Crippen molar-refractivity contribution in [2.75, 3.05) is 0 Å². The van der Waals surface area contributed by atoms with E-state index in [1.807, 2.05) is 0 Å². The molecule has 0 atom stereocenters. The molecule has 0 aliphatic heterocycles. The predicted molar refractivity (Wildman–Crippen MR) is 235 cm³/mol. The van der Waals surface area contributed by atoms with Gasteiger partial charge < -0.3 is 12.3 Å². The molecule has 0 aromatic heterocycles. The van der Waals surface area contributed by atoms with Gasteiger partial charge in [0.05, 0.1) is 0 Å². The fraction of sp³-hybridized carbons (Fsp3) is 0. The fourth-order valence-corrected chi connectivity index (χ4v) is 23.4. The Bertz CT molecular complexity index is 2010. The van der Waals surface area contributed by atoms with Crippen molar-refractivity contribution in [3.8, 4) is 0 Å². The Labute approximate surface area is 330 Å². The largest absolute Gasteiger partial charge is 0.422 e. The Morgan fingerprint density at radius 1 is 0.236 bits per heavy atom. The number of hydrogen-bond donors (Lipinski definition) is 0. The summed E-state index contributed by atoms with van der Waals surface area (Å²) in [5, 5.41) is 8.70. The zero-order chi connectivity index (χ0) is 37.2. The van der Waals surface area contributed by atoms with Crippen molar-refractivity contribution in [1.29, 1.82) is 0 Å². The van der Waals surface area contributed by atoms with E-state index in [2.05, 4.69) is 243 Å². The van der Waals surface area contributed by atoms with E-state index in [9.17, 15) is 0 Å². The van der Waals surface area contributed by atoms with Gasteiger partial charge in [-0.05, 0) is 41.5 Å². The molecule has 0 unspecified atom stereocenters. The summed E-state index contributed by atoms with van der Waals surface area (Å²) >= 11 is 0. The van der Waals surface area contributed by atoms with Crippen LogP contribution in [0.4, 0.5) is 0 Å². The normalized spacial score (nSPS) is 11.8. The monoisotopic (exact) mass is 776 g/mol. The lowest BCUT2D eigenvalue weighted by molar-refractivity contribution is 0.369. The van der Waals surface area contributed by atoms with Crippen LogP contribution in [0.5, 0.6) is 0 Å². The molecule has 0 spiro atoms. The maximum atomic E-state index is 8.40. The van der Waals surface area contributed by atoms with Gasteiger partial charge in [-0.3, -0.25) is 0 Å². The average molecular weight is 777 g/mol. The molecule has 0 fully saturated rings. The molecule has 0 bridgehead atoms. The molecular formula is C48H40O3Si4. The average Bonchev–Trinajstić information content (AvgIpc) is 3.29. The minimum atomic E-state index is -3.75. The summed E-state index contributed by atoms with van der Waals surface area (Å²) in [6.07, 6.45) is 0. The van der Waals surface area contributed by atoms with Crippen molar-refractivity contribution in [2.45, 2.75) is 0 Å². The molecule has 8 rings (SSSR count). The molecule has 0 amide bonds. The topological polar surface area (TPSA) is 27.7 Å². The van der Waals surface area contributed by atoms with E-state index < -0.39 is 35.2 Å². The first kappa shape index (κ1) is 36.5. The Morgan fingerprint density at radius 3 is 0.618 bits per heavy atom. The smallest absolute Gasteiger partial charge is 0.388 e. The van der Waals surface area contributed by atoms with Crippen molar-refractivity contribution in [3.05, 3.63) is 243 Å². The molecular weight excluding hydrogens is 737 g/mol. The van der Waals surface area contributed by atoms with Crippen LogP contribution in [-0.2, 0) is 12.3 Å². The van der Waals surface area contributed by atoms with Crippen molar-refractivity contribution in [2.24, 2.45) is 0 Å². The van der Waals surface area contributed by atoms with Crippen LogP contribution in [0.1, 0.15) is 0 Å². The maximum Gasteiger partial charge on any atom is 0.388 e. The van der Waals surface area contributed by atoms with Crippen LogP contribution in [0.3, 0.4) is 0 Å². The lowest BCUT2D eigenvalue weighted by atomic mass is 10.4. The molecule has 0 aliphatic rings. The summed E-state index contributed by atoms with van der Waals surface area (Å²) in [5.74, 6) is 0. The van der Waals surface area contributed by atoms with E-state index in [0.29, 0.717) is 0 Å². The Morgan fingerprint density at radius 2 is 0.418 bits per heavy atom. The standard InChI is InChI=1S/C48H40O3Si4/c1-9-25-41(26-10-1)52(42-27-11-2-12-28-42)49-54(45-33-17-5-18-34-45,46-35-19-6-20-36-46)51-55(47-37-21-7-22-38-47,48-39-23-8-24-40-48)50-53(43-29-13-3-14-30-43)44-31-15-4-16-32-44/h1-40H. The second-order valence-electron chi connectivity index (χ2n) is 13.1. The first-order chi connectivity index (χ1) is 27.3. The SMILES string of the molecule is c1ccc([Si](O[Si](O[Si](O[Si](c2ccccc2)c2ccccc2)(c2ccccc2)c2ccccc2)(c2ccccc2)c2ccccc2)c2ccccc2)cc1. The van der Waals surface area contributed by atoms with E-state index >= 15 is 0 Å². The maximum absolute atomic E-state index is 8.40. The van der Waals surface area contributed by atoms with Gasteiger partial charge in [-0.15, -0.1) is 0 Å². The van der Waals surface area contributed by atoms with Crippen molar-refractivity contribution in [1.82, 2.24) is 0 Å². The molecule has 3 nitrogen and oxygen atoms in total. The molecule has 0 N–H and O–H groups in total. The summed E-state index contributed by atoms with van der Waals surface area (Å²) in [6.45, 7) is 0. The molecule has 7 heteroatoms. The zero-order valence-electron chi connectivity index (χ0n) is 30.3. The van der Waals surface area contributed by atoms with Crippen LogP contribution < -0.4 is 41.5 Å². The number of hydrogen-bond acceptors (Lipinski definition) is 3. The summed E-state index contributed by atoms with van der Waals surface area (Å²) in [4.78, 5) is 0. The molecule has 55 heavy (non-hydrogen) atoms. The minimum Gasteiger partial charge on any atom is -0.422 e. The second-order valence-corrected chi connectivity index (χ2v) is 24.0. The van der Waals surface area contributed by atoms with Crippen LogP contribution in [-0.4, -0.2) is 35.2 Å². The summed E-state index contributed by atoms with van der Waals surface area (Å²) in [7, 11) is -11.3. The van der Waals surface area contributed by atoms with Crippen molar-refractivity contribution >= 4 is 76.7 Å². The summed E-state index contributed by atoms with van der Waals surface area (Å²) in [5.41, 5.74) is 0. The molecule has 0 saturated heterocycles. The lowest BCUT2D eigenvalue weighted by Crippen LogP contribution is -2.78. The first-order valence-electron chi connectivity index (χ1n) is 18.5. The molecule has 2 radical (unpaired) electrons. The van der Waals surface area contributed by atoms with Gasteiger partial charge in [0.15, 0.2) is 0 Å². The molecule has 0 heterocycles. The highest BCUT2D eigenvalue weighted by atomic mass is 28.5. The van der Waals surface area contributed by atoms with Crippen LogP contribution in [0.25, 0.3) is 0 Å². The zero-order valence-corrected chi connectivity index (χ0v) is 34.3. The van der Waals surface area contributed by atoms with Gasteiger partial charge in [0, 0.05) is 0 Å². The Hall–Kier alpha value is -5.49. The third kappa shape index (κ3) is 8.00. The second kappa shape index (κ2) is 17.3. The van der Waals surface area contributed by atoms with Crippen LogP contribution in [0.15, 0.2) is 243 Å². The molecule has 8 aromatic carbocycles. The summed E-state index contributed by atoms with van der Waals surface area (Å²) < 4.78 is 24.5. The summed E-state index contributed by atoms with van der Waals surface area (Å²) in [6, 6.07) is 85.2. The minimum absolute atomic E-state index is 1.02. The lowest BCUT2D eigenvalue weighted by Gasteiger charge is -2.44. The first-order valence-corrected chi connectivity index (χ1v) is 25.0. The molecule has 8 aromatic rings. The highest BCUT2D eigenvalue weighted by molar-refractivity contribution is 7.09. The van der Waals surface area contributed by atoms with Crippen LogP contribution in [0, 0.1) is 0 Å². The highest BCUT2D eigenvalue weighted by Crippen LogP contribution is 2.22. The molecule has 0 saturated carbocycles. The number of benzene rings is 8. The van der Waals surface area contributed by atoms with E-state index in [4.69, 9.17) is 12.3 Å². The van der Waals surface area contributed by atoms with Gasteiger partial charge in [0.25, 0.3) is 18.1 Å². The van der Waals surface area contributed by atoms with Crippen molar-refractivity contribution < 1.29 is 12.3 Å². The van der Waals surface area contributed by atoms with Gasteiger partial charge in [-0.25, -0.2) is 0 Å². The van der Waals surface area contributed by atoms with Gasteiger partial charge in [-0.2, -0.15) is 0 Å². The molecule has 266 valence electrons. The van der Waals surface area contributed by atoms with E-state index in [1.165, 1.54) is 0 Å². The predicted octanol–water partition coefficient (Wildman–Crippen LogP) is 5.16. The third-order valence-electron chi connectivity index (χ3n) is 9.54. The highest BCUT2D eigenvalue weighted by Gasteiger charge is 2.56. The van der Waals surface area contributed by atoms with Gasteiger partial charge in [-0.1, -0.05) is 243 Å².